The van der Waals surface area contributed by atoms with Crippen LogP contribution in [-0.4, -0.2) is 70.0 Å². The summed E-state index contributed by atoms with van der Waals surface area (Å²) in [6.07, 6.45) is 2.20. The van der Waals surface area contributed by atoms with E-state index in [0.29, 0.717) is 34.7 Å². The number of fused-ring (bicyclic) bond motifs is 2. The molecule has 1 saturated heterocycles. The summed E-state index contributed by atoms with van der Waals surface area (Å²) in [4.78, 5) is 19.3. The van der Waals surface area contributed by atoms with Crippen molar-refractivity contribution in [2.24, 2.45) is 5.92 Å². The molecule has 2 atom stereocenters. The normalized spacial score (nSPS) is 20.2. The van der Waals surface area contributed by atoms with Crippen LogP contribution in [-0.2, 0) is 21.2 Å². The van der Waals surface area contributed by atoms with Crippen molar-refractivity contribution in [1.29, 1.82) is 0 Å². The highest BCUT2D eigenvalue weighted by Gasteiger charge is 2.40. The van der Waals surface area contributed by atoms with Crippen molar-refractivity contribution >= 4 is 26.9 Å². The number of carboxylic acids is 1. The molecule has 2 aliphatic rings. The first-order chi connectivity index (χ1) is 16.3. The van der Waals surface area contributed by atoms with Crippen LogP contribution < -0.4 is 14.2 Å². The molecular formula is C21H23N5O7S. The molecule has 0 saturated carbocycles. The van der Waals surface area contributed by atoms with Gasteiger partial charge in [-0.25, -0.2) is 18.4 Å². The molecule has 4 heterocycles. The second kappa shape index (κ2) is 8.40. The Bertz CT molecular complexity index is 1360. The lowest BCUT2D eigenvalue weighted by Crippen LogP contribution is -2.29. The highest BCUT2D eigenvalue weighted by atomic mass is 32.2. The van der Waals surface area contributed by atoms with E-state index in [2.05, 4.69) is 15.1 Å². The van der Waals surface area contributed by atoms with E-state index in [4.69, 9.17) is 14.2 Å². The van der Waals surface area contributed by atoms with E-state index in [0.717, 1.165) is 0 Å². The Morgan fingerprint density at radius 1 is 1.21 bits per heavy atom. The third-order valence-corrected chi connectivity index (χ3v) is 7.75. The molecule has 1 N–H and O–H groups in total. The Morgan fingerprint density at radius 3 is 2.59 bits per heavy atom. The maximum atomic E-state index is 13.3. The molecule has 1 aromatic carbocycles. The average Bonchev–Trinajstić information content (AvgIpc) is 3.50. The molecule has 5 rings (SSSR count). The first-order valence-electron chi connectivity index (χ1n) is 10.8. The Balaban J connectivity index is 1.49. The number of carbonyl (C=O) groups is 1. The number of benzene rings is 1. The van der Waals surface area contributed by atoms with Crippen LogP contribution >= 0.6 is 0 Å². The van der Waals surface area contributed by atoms with Gasteiger partial charge in [0.05, 0.1) is 42.7 Å². The summed E-state index contributed by atoms with van der Waals surface area (Å²) < 4.78 is 45.7. The third-order valence-electron chi connectivity index (χ3n) is 5.96. The van der Waals surface area contributed by atoms with Crippen molar-refractivity contribution in [2.45, 2.75) is 31.2 Å². The molecule has 2 aliphatic heterocycles. The number of aromatic nitrogens is 4. The zero-order valence-electron chi connectivity index (χ0n) is 18.5. The van der Waals surface area contributed by atoms with Crippen molar-refractivity contribution in [2.75, 3.05) is 26.5 Å². The molecule has 180 valence electrons. The Labute approximate surface area is 195 Å². The van der Waals surface area contributed by atoms with Crippen LogP contribution in [0.4, 0.5) is 0 Å². The van der Waals surface area contributed by atoms with Crippen LogP contribution in [0.1, 0.15) is 25.6 Å². The molecular weight excluding hydrogens is 466 g/mol. The topological polar surface area (TPSA) is 146 Å². The number of ether oxygens (including phenoxy) is 3. The van der Waals surface area contributed by atoms with Crippen LogP contribution in [0.15, 0.2) is 29.4 Å². The molecule has 34 heavy (non-hydrogen) atoms. The minimum absolute atomic E-state index is 0.0240. The number of hydrogen-bond acceptors (Lipinski definition) is 9. The Morgan fingerprint density at radius 2 is 1.91 bits per heavy atom. The lowest BCUT2D eigenvalue weighted by molar-refractivity contribution is -0.136. The van der Waals surface area contributed by atoms with Crippen LogP contribution in [0.3, 0.4) is 0 Å². The Kier molecular flexibility index (Phi) is 5.52. The molecule has 12 nitrogen and oxygen atoms in total. The maximum absolute atomic E-state index is 13.3. The summed E-state index contributed by atoms with van der Waals surface area (Å²) in [5.41, 5.74) is 1.05. The zero-order valence-corrected chi connectivity index (χ0v) is 19.4. The van der Waals surface area contributed by atoms with Crippen molar-refractivity contribution in [3.8, 4) is 17.5 Å². The van der Waals surface area contributed by atoms with E-state index >= 15 is 0 Å². The summed E-state index contributed by atoms with van der Waals surface area (Å²) >= 11 is 0. The number of aliphatic carboxylic acids is 1. The van der Waals surface area contributed by atoms with E-state index in [9.17, 15) is 18.3 Å². The predicted molar refractivity (Wildman–Crippen MR) is 117 cm³/mol. The predicted octanol–water partition coefficient (Wildman–Crippen LogP) is 1.46. The molecule has 0 amide bonds. The highest BCUT2D eigenvalue weighted by molar-refractivity contribution is 7.89. The largest absolute Gasteiger partial charge is 0.481 e. The second-order valence-corrected chi connectivity index (χ2v) is 10.1. The summed E-state index contributed by atoms with van der Waals surface area (Å²) in [7, 11) is -3.85. The molecule has 2 aromatic heterocycles. The van der Waals surface area contributed by atoms with E-state index in [1.165, 1.54) is 16.7 Å². The number of rotatable bonds is 7. The highest BCUT2D eigenvalue weighted by Crippen LogP contribution is 2.40. The van der Waals surface area contributed by atoms with Crippen LogP contribution in [0, 0.1) is 5.92 Å². The molecule has 0 spiro atoms. The van der Waals surface area contributed by atoms with Gasteiger partial charge in [-0.15, -0.1) is 0 Å². The molecule has 13 heteroatoms. The fourth-order valence-corrected chi connectivity index (χ4v) is 5.78. The van der Waals surface area contributed by atoms with Gasteiger partial charge in [-0.2, -0.15) is 9.40 Å². The number of carboxylic acid groups (broad SMARTS) is 1. The van der Waals surface area contributed by atoms with Gasteiger partial charge in [-0.3, -0.25) is 9.48 Å². The average molecular weight is 490 g/mol. The monoisotopic (exact) mass is 489 g/mol. The summed E-state index contributed by atoms with van der Waals surface area (Å²) in [5.74, 6) is -0.0389. The van der Waals surface area contributed by atoms with E-state index < -0.39 is 16.0 Å². The smallest absolute Gasteiger partial charge is 0.316 e. The number of nitrogens with zero attached hydrogens (tertiary/aromatic N) is 5. The van der Waals surface area contributed by atoms with Gasteiger partial charge < -0.3 is 19.3 Å². The molecule has 1 fully saturated rings. The quantitative estimate of drug-likeness (QED) is 0.517. The van der Waals surface area contributed by atoms with Crippen molar-refractivity contribution < 1.29 is 32.5 Å². The molecule has 0 unspecified atom stereocenters. The minimum Gasteiger partial charge on any atom is -0.481 e. The summed E-state index contributed by atoms with van der Waals surface area (Å²) in [6, 6.07) is 3.29. The van der Waals surface area contributed by atoms with Gasteiger partial charge in [0.1, 0.15) is 4.90 Å². The fraction of sp³-hybridized carbons (Fsp3) is 0.429. The van der Waals surface area contributed by atoms with Gasteiger partial charge in [-0.05, 0) is 18.9 Å². The number of hydrogen-bond donors (Lipinski definition) is 1. The maximum Gasteiger partial charge on any atom is 0.316 e. The summed E-state index contributed by atoms with van der Waals surface area (Å²) in [6.45, 7) is 4.61. The van der Waals surface area contributed by atoms with Crippen molar-refractivity contribution in [1.82, 2.24) is 24.1 Å². The first-order valence-corrected chi connectivity index (χ1v) is 12.2. The van der Waals surface area contributed by atoms with Crippen molar-refractivity contribution in [3.05, 3.63) is 30.2 Å². The zero-order chi connectivity index (χ0) is 24.0. The fourth-order valence-electron chi connectivity index (χ4n) is 4.33. The van der Waals surface area contributed by atoms with E-state index in [-0.39, 0.29) is 49.2 Å². The van der Waals surface area contributed by atoms with Gasteiger partial charge in [0.15, 0.2) is 11.5 Å². The summed E-state index contributed by atoms with van der Waals surface area (Å²) in [5, 5.41) is 14.6. The van der Waals surface area contributed by atoms with E-state index in [1.54, 1.807) is 23.7 Å². The SMILES string of the molecule is CCOc1ncc(S(=O)(=O)N2C[C@@H](C)[C@@H](n3nc(CC(=O)O)c4cc5c(cc43)OCO5)C2)cn1. The van der Waals surface area contributed by atoms with Crippen LogP contribution in [0.5, 0.6) is 17.5 Å². The van der Waals surface area contributed by atoms with Crippen LogP contribution in [0.25, 0.3) is 10.9 Å². The third kappa shape index (κ3) is 3.80. The minimum atomic E-state index is -3.85. The molecule has 0 bridgehead atoms. The van der Waals surface area contributed by atoms with Gasteiger partial charge >= 0.3 is 12.0 Å². The van der Waals surface area contributed by atoms with Crippen molar-refractivity contribution in [3.63, 3.8) is 0 Å². The molecule has 3 aromatic rings. The lowest BCUT2D eigenvalue weighted by Gasteiger charge is -2.17. The van der Waals surface area contributed by atoms with Gasteiger partial charge in [-0.1, -0.05) is 6.92 Å². The number of sulfonamides is 1. The lowest BCUT2D eigenvalue weighted by atomic mass is 10.1. The molecule has 0 aliphatic carbocycles. The van der Waals surface area contributed by atoms with Crippen LogP contribution in [0.2, 0.25) is 0 Å². The van der Waals surface area contributed by atoms with E-state index in [1.807, 2.05) is 6.92 Å². The van der Waals surface area contributed by atoms with Gasteiger partial charge in [0, 0.05) is 24.5 Å². The first kappa shape index (κ1) is 22.3. The van der Waals surface area contributed by atoms with Gasteiger partial charge in [0.2, 0.25) is 16.8 Å². The second-order valence-electron chi connectivity index (χ2n) is 8.19. The van der Waals surface area contributed by atoms with Gasteiger partial charge in [0.25, 0.3) is 0 Å². The standard InChI is InChI=1S/C21H23N5O7S/c1-3-31-21-22-7-13(8-23-21)34(29,30)25-9-12(2)17(10-25)26-16-6-19-18(32-11-33-19)4-14(16)15(24-26)5-20(27)28/h4,6-8,12,17H,3,5,9-11H2,1-2H3,(H,27,28)/t12-,17+/m1/s1. The Hall–Kier alpha value is -3.45. The molecule has 0 radical (unpaired) electrons.